The quantitative estimate of drug-likeness (QED) is 0.666. The second-order valence-corrected chi connectivity index (χ2v) is 6.98. The first-order valence-electron chi connectivity index (χ1n) is 10.1. The van der Waals surface area contributed by atoms with Gasteiger partial charge in [0, 0.05) is 25.5 Å². The molecular formula is C21H27N5O4. The van der Waals surface area contributed by atoms with Crippen molar-refractivity contribution >= 4 is 17.8 Å². The number of piperidine rings is 1. The summed E-state index contributed by atoms with van der Waals surface area (Å²) in [5, 5.41) is 0. The number of hydrazine groups is 1. The van der Waals surface area contributed by atoms with E-state index >= 15 is 0 Å². The number of anilines is 1. The van der Waals surface area contributed by atoms with Crippen LogP contribution in [0.25, 0.3) is 0 Å². The fourth-order valence-corrected chi connectivity index (χ4v) is 3.19. The van der Waals surface area contributed by atoms with E-state index in [0.717, 1.165) is 25.1 Å². The van der Waals surface area contributed by atoms with Gasteiger partial charge in [-0.25, -0.2) is 9.97 Å². The van der Waals surface area contributed by atoms with E-state index in [0.29, 0.717) is 24.8 Å². The Morgan fingerprint density at radius 2 is 1.87 bits per heavy atom. The SMILES string of the molecule is CCOc1ccc(OC(C)C(=O)NNC(=O)C2CCCN(c3ncccn3)C2)cc1. The van der Waals surface area contributed by atoms with Crippen LogP contribution in [0.4, 0.5) is 5.95 Å². The molecule has 1 fully saturated rings. The minimum atomic E-state index is -0.774. The molecule has 2 aromatic rings. The van der Waals surface area contributed by atoms with Crippen LogP contribution in [0.2, 0.25) is 0 Å². The summed E-state index contributed by atoms with van der Waals surface area (Å²) in [7, 11) is 0. The van der Waals surface area contributed by atoms with Gasteiger partial charge in [-0.1, -0.05) is 0 Å². The molecule has 1 aromatic carbocycles. The number of nitrogens with zero attached hydrogens (tertiary/aromatic N) is 3. The third kappa shape index (κ3) is 5.82. The molecule has 2 amide bonds. The lowest BCUT2D eigenvalue weighted by Crippen LogP contribution is -2.51. The number of ether oxygens (including phenoxy) is 2. The van der Waals surface area contributed by atoms with Crippen LogP contribution in [-0.4, -0.2) is 47.6 Å². The first-order chi connectivity index (χ1) is 14.6. The van der Waals surface area contributed by atoms with E-state index in [-0.39, 0.29) is 11.8 Å². The molecule has 2 atom stereocenters. The van der Waals surface area contributed by atoms with Crippen molar-refractivity contribution in [3.8, 4) is 11.5 Å². The lowest BCUT2D eigenvalue weighted by Gasteiger charge is -2.31. The van der Waals surface area contributed by atoms with Gasteiger partial charge >= 0.3 is 0 Å². The van der Waals surface area contributed by atoms with E-state index in [2.05, 4.69) is 20.8 Å². The fourth-order valence-electron chi connectivity index (χ4n) is 3.19. The predicted molar refractivity (Wildman–Crippen MR) is 111 cm³/mol. The van der Waals surface area contributed by atoms with Gasteiger partial charge in [-0.3, -0.25) is 20.4 Å². The van der Waals surface area contributed by atoms with E-state index in [1.807, 2.05) is 11.8 Å². The number of carbonyl (C=O) groups excluding carboxylic acids is 2. The average molecular weight is 413 g/mol. The molecule has 0 spiro atoms. The van der Waals surface area contributed by atoms with Gasteiger partial charge in [0.15, 0.2) is 6.10 Å². The van der Waals surface area contributed by atoms with Crippen molar-refractivity contribution in [3.05, 3.63) is 42.7 Å². The molecule has 2 heterocycles. The molecule has 2 unspecified atom stereocenters. The number of carbonyl (C=O) groups is 2. The second kappa shape index (κ2) is 10.4. The molecule has 1 aliphatic rings. The number of amides is 2. The average Bonchev–Trinajstić information content (AvgIpc) is 2.79. The maximum Gasteiger partial charge on any atom is 0.279 e. The maximum absolute atomic E-state index is 12.5. The molecule has 0 saturated carbocycles. The summed E-state index contributed by atoms with van der Waals surface area (Å²) in [6.07, 6.45) is 4.17. The van der Waals surface area contributed by atoms with Gasteiger partial charge in [-0.15, -0.1) is 0 Å². The van der Waals surface area contributed by atoms with Crippen LogP contribution in [0.15, 0.2) is 42.7 Å². The predicted octanol–water partition coefficient (Wildman–Crippen LogP) is 1.71. The summed E-state index contributed by atoms with van der Waals surface area (Å²) in [4.78, 5) is 35.3. The molecule has 3 rings (SSSR count). The summed E-state index contributed by atoms with van der Waals surface area (Å²) < 4.78 is 11.0. The maximum atomic E-state index is 12.5. The molecule has 0 bridgehead atoms. The Morgan fingerprint density at radius 1 is 1.17 bits per heavy atom. The van der Waals surface area contributed by atoms with Crippen LogP contribution >= 0.6 is 0 Å². The highest BCUT2D eigenvalue weighted by atomic mass is 16.5. The highest BCUT2D eigenvalue weighted by molar-refractivity contribution is 5.85. The third-order valence-corrected chi connectivity index (χ3v) is 4.75. The van der Waals surface area contributed by atoms with Gasteiger partial charge in [-0.2, -0.15) is 0 Å². The molecule has 0 aliphatic carbocycles. The van der Waals surface area contributed by atoms with Gasteiger partial charge in [0.25, 0.3) is 5.91 Å². The number of hydrogen-bond donors (Lipinski definition) is 2. The van der Waals surface area contributed by atoms with E-state index in [9.17, 15) is 9.59 Å². The topological polar surface area (TPSA) is 106 Å². The summed E-state index contributed by atoms with van der Waals surface area (Å²) in [5.74, 6) is 0.949. The molecule has 30 heavy (non-hydrogen) atoms. The largest absolute Gasteiger partial charge is 0.494 e. The fraction of sp³-hybridized carbons (Fsp3) is 0.429. The van der Waals surface area contributed by atoms with Crippen molar-refractivity contribution in [2.45, 2.75) is 32.8 Å². The van der Waals surface area contributed by atoms with Gasteiger partial charge in [0.05, 0.1) is 12.5 Å². The Balaban J connectivity index is 1.45. The molecule has 1 saturated heterocycles. The summed E-state index contributed by atoms with van der Waals surface area (Å²) in [6, 6.07) is 8.77. The zero-order chi connectivity index (χ0) is 21.3. The standard InChI is InChI=1S/C21H27N5O4/c1-3-29-17-7-9-18(10-8-17)30-15(2)19(27)24-25-20(28)16-6-4-13-26(14-16)21-22-11-5-12-23-21/h5,7-12,15-16H,3-4,6,13-14H2,1-2H3,(H,24,27)(H,25,28). The van der Waals surface area contributed by atoms with E-state index in [1.54, 1.807) is 49.6 Å². The molecule has 1 aliphatic heterocycles. The smallest absolute Gasteiger partial charge is 0.279 e. The third-order valence-electron chi connectivity index (χ3n) is 4.75. The van der Waals surface area contributed by atoms with Crippen molar-refractivity contribution in [1.82, 2.24) is 20.8 Å². The minimum Gasteiger partial charge on any atom is -0.494 e. The Hall–Kier alpha value is -3.36. The number of hydrogen-bond acceptors (Lipinski definition) is 7. The van der Waals surface area contributed by atoms with Crippen LogP contribution < -0.4 is 25.2 Å². The van der Waals surface area contributed by atoms with E-state index in [4.69, 9.17) is 9.47 Å². The number of aromatic nitrogens is 2. The van der Waals surface area contributed by atoms with Crippen LogP contribution in [0.1, 0.15) is 26.7 Å². The monoisotopic (exact) mass is 413 g/mol. The molecule has 2 N–H and O–H groups in total. The van der Waals surface area contributed by atoms with Gasteiger partial charge < -0.3 is 14.4 Å². The zero-order valence-corrected chi connectivity index (χ0v) is 17.2. The summed E-state index contributed by atoms with van der Waals surface area (Å²) >= 11 is 0. The Bertz CT molecular complexity index is 831. The summed E-state index contributed by atoms with van der Waals surface area (Å²) in [5.41, 5.74) is 4.96. The van der Waals surface area contributed by atoms with Crippen LogP contribution in [-0.2, 0) is 9.59 Å². The molecule has 0 radical (unpaired) electrons. The molecule has 160 valence electrons. The molecular weight excluding hydrogens is 386 g/mol. The number of nitrogens with one attached hydrogen (secondary N) is 2. The van der Waals surface area contributed by atoms with Crippen molar-refractivity contribution in [3.63, 3.8) is 0 Å². The van der Waals surface area contributed by atoms with Gasteiger partial charge in [0.2, 0.25) is 11.9 Å². The minimum absolute atomic E-state index is 0.239. The van der Waals surface area contributed by atoms with Crippen molar-refractivity contribution in [2.24, 2.45) is 5.92 Å². The van der Waals surface area contributed by atoms with E-state index < -0.39 is 12.0 Å². The van der Waals surface area contributed by atoms with E-state index in [1.165, 1.54) is 0 Å². The first-order valence-corrected chi connectivity index (χ1v) is 10.1. The number of benzene rings is 1. The molecule has 9 nitrogen and oxygen atoms in total. The molecule has 9 heteroatoms. The lowest BCUT2D eigenvalue weighted by molar-refractivity contribution is -0.134. The van der Waals surface area contributed by atoms with Gasteiger partial charge in [0.1, 0.15) is 11.5 Å². The highest BCUT2D eigenvalue weighted by Crippen LogP contribution is 2.20. The van der Waals surface area contributed by atoms with Crippen molar-refractivity contribution < 1.29 is 19.1 Å². The molecule has 1 aromatic heterocycles. The Morgan fingerprint density at radius 3 is 2.57 bits per heavy atom. The van der Waals surface area contributed by atoms with Crippen LogP contribution in [0.5, 0.6) is 11.5 Å². The Kier molecular flexibility index (Phi) is 7.42. The Labute approximate surface area is 175 Å². The van der Waals surface area contributed by atoms with Crippen LogP contribution in [0.3, 0.4) is 0 Å². The second-order valence-electron chi connectivity index (χ2n) is 6.98. The lowest BCUT2D eigenvalue weighted by atomic mass is 9.98. The first kappa shape index (κ1) is 21.4. The van der Waals surface area contributed by atoms with Gasteiger partial charge in [-0.05, 0) is 57.0 Å². The van der Waals surface area contributed by atoms with Crippen molar-refractivity contribution in [2.75, 3.05) is 24.6 Å². The normalized spacial score (nSPS) is 17.0. The zero-order valence-electron chi connectivity index (χ0n) is 17.2. The highest BCUT2D eigenvalue weighted by Gasteiger charge is 2.27. The van der Waals surface area contributed by atoms with Crippen LogP contribution in [0, 0.1) is 5.92 Å². The summed E-state index contributed by atoms with van der Waals surface area (Å²) in [6.45, 7) is 5.41. The van der Waals surface area contributed by atoms with Crippen molar-refractivity contribution in [1.29, 1.82) is 0 Å². The number of rotatable bonds is 7.